The predicted molar refractivity (Wildman–Crippen MR) is 75.8 cm³/mol. The quantitative estimate of drug-likeness (QED) is 0.867. The maximum absolute atomic E-state index is 5.87. The van der Waals surface area contributed by atoms with Gasteiger partial charge >= 0.3 is 0 Å². The Kier molecular flexibility index (Phi) is 4.04. The number of methoxy groups -OCH3 is 1. The van der Waals surface area contributed by atoms with Crippen molar-refractivity contribution in [2.75, 3.05) is 12.4 Å². The van der Waals surface area contributed by atoms with Crippen LogP contribution in [0, 0.1) is 6.92 Å². The molecule has 1 aromatic heterocycles. The van der Waals surface area contributed by atoms with Crippen molar-refractivity contribution < 1.29 is 4.74 Å². The zero-order valence-corrected chi connectivity index (χ0v) is 12.2. The van der Waals surface area contributed by atoms with Crippen molar-refractivity contribution in [3.05, 3.63) is 39.7 Å². The van der Waals surface area contributed by atoms with Gasteiger partial charge in [0.15, 0.2) is 0 Å². The first-order valence-corrected chi connectivity index (χ1v) is 6.37. The first-order chi connectivity index (χ1) is 8.58. The number of hydrogen-bond donors (Lipinski definition) is 1. The van der Waals surface area contributed by atoms with E-state index in [0.29, 0.717) is 16.8 Å². The lowest BCUT2D eigenvalue weighted by Crippen LogP contribution is -1.97. The molecule has 0 fully saturated rings. The van der Waals surface area contributed by atoms with E-state index < -0.39 is 0 Å². The molecule has 1 heterocycles. The Hall–Kier alpha value is -1.33. The van der Waals surface area contributed by atoms with Gasteiger partial charge in [0.25, 0.3) is 0 Å². The van der Waals surface area contributed by atoms with Crippen molar-refractivity contribution >= 4 is 39.0 Å². The van der Waals surface area contributed by atoms with Crippen LogP contribution < -0.4 is 10.1 Å². The van der Waals surface area contributed by atoms with Gasteiger partial charge in [-0.15, -0.1) is 0 Å². The molecule has 2 aromatic rings. The summed E-state index contributed by atoms with van der Waals surface area (Å²) in [7, 11) is 1.63. The number of aryl methyl sites for hydroxylation is 1. The molecular weight excluding hydrogens is 318 g/mol. The second-order valence-corrected chi connectivity index (χ2v) is 4.84. The van der Waals surface area contributed by atoms with E-state index in [1.54, 1.807) is 20.1 Å². The summed E-state index contributed by atoms with van der Waals surface area (Å²) in [5, 5.41) is 3.57. The number of halogens is 2. The Morgan fingerprint density at radius 1 is 1.28 bits per heavy atom. The summed E-state index contributed by atoms with van der Waals surface area (Å²) in [5.74, 6) is 2.06. The van der Waals surface area contributed by atoms with Crippen LogP contribution in [0.1, 0.15) is 5.82 Å². The summed E-state index contributed by atoms with van der Waals surface area (Å²) in [4.78, 5) is 8.25. The number of hydrogen-bond acceptors (Lipinski definition) is 4. The summed E-state index contributed by atoms with van der Waals surface area (Å²) >= 11 is 9.30. The van der Waals surface area contributed by atoms with E-state index in [2.05, 4.69) is 31.2 Å². The minimum atomic E-state index is 0.414. The Morgan fingerprint density at radius 2 is 2.06 bits per heavy atom. The number of nitrogens with one attached hydrogen (secondary N) is 1. The van der Waals surface area contributed by atoms with Gasteiger partial charge in [0.2, 0.25) is 0 Å². The molecule has 0 atom stereocenters. The SMILES string of the molecule is COc1ccc(Nc2cc(Cl)nc(C)n2)cc1Br. The highest BCUT2D eigenvalue weighted by atomic mass is 79.9. The average molecular weight is 329 g/mol. The standard InChI is InChI=1S/C12H11BrClN3O/c1-7-15-11(14)6-12(16-7)17-8-3-4-10(18-2)9(13)5-8/h3-6H,1-2H3,(H,15,16,17). The molecule has 94 valence electrons. The van der Waals surface area contributed by atoms with E-state index in [1.165, 1.54) is 0 Å². The lowest BCUT2D eigenvalue weighted by Gasteiger charge is -2.09. The summed E-state index contributed by atoms with van der Waals surface area (Å²) in [6, 6.07) is 7.34. The van der Waals surface area contributed by atoms with Crippen LogP contribution in [0.3, 0.4) is 0 Å². The third kappa shape index (κ3) is 3.11. The molecule has 0 bridgehead atoms. The van der Waals surface area contributed by atoms with E-state index in [4.69, 9.17) is 16.3 Å². The summed E-state index contributed by atoms with van der Waals surface area (Å²) in [6.45, 7) is 1.79. The van der Waals surface area contributed by atoms with E-state index >= 15 is 0 Å². The van der Waals surface area contributed by atoms with Crippen LogP contribution in [0.4, 0.5) is 11.5 Å². The summed E-state index contributed by atoms with van der Waals surface area (Å²) < 4.78 is 6.03. The highest BCUT2D eigenvalue weighted by Crippen LogP contribution is 2.29. The van der Waals surface area contributed by atoms with Crippen LogP contribution >= 0.6 is 27.5 Å². The Balaban J connectivity index is 2.25. The Labute approximate surface area is 118 Å². The summed E-state index contributed by atoms with van der Waals surface area (Å²) in [5.41, 5.74) is 0.886. The van der Waals surface area contributed by atoms with Gasteiger partial charge in [-0.25, -0.2) is 9.97 Å². The summed E-state index contributed by atoms with van der Waals surface area (Å²) in [6.07, 6.45) is 0. The fraction of sp³-hybridized carbons (Fsp3) is 0.167. The van der Waals surface area contributed by atoms with E-state index in [0.717, 1.165) is 15.9 Å². The second kappa shape index (κ2) is 5.54. The minimum absolute atomic E-state index is 0.414. The van der Waals surface area contributed by atoms with Gasteiger partial charge in [-0.05, 0) is 41.1 Å². The van der Waals surface area contributed by atoms with Crippen LogP contribution in [0.2, 0.25) is 5.15 Å². The molecule has 0 amide bonds. The molecule has 0 unspecified atom stereocenters. The molecule has 0 saturated heterocycles. The maximum Gasteiger partial charge on any atom is 0.135 e. The van der Waals surface area contributed by atoms with Gasteiger partial charge in [0, 0.05) is 11.8 Å². The molecule has 0 spiro atoms. The number of benzene rings is 1. The molecule has 0 aliphatic heterocycles. The third-order valence-corrected chi connectivity index (χ3v) is 3.04. The van der Waals surface area contributed by atoms with Crippen LogP contribution in [0.15, 0.2) is 28.7 Å². The monoisotopic (exact) mass is 327 g/mol. The maximum atomic E-state index is 5.87. The van der Waals surface area contributed by atoms with Gasteiger partial charge in [0.1, 0.15) is 22.5 Å². The number of aromatic nitrogens is 2. The second-order valence-electron chi connectivity index (χ2n) is 3.60. The molecular formula is C12H11BrClN3O. The lowest BCUT2D eigenvalue weighted by atomic mass is 10.3. The first-order valence-electron chi connectivity index (χ1n) is 5.20. The number of rotatable bonds is 3. The van der Waals surface area contributed by atoms with Gasteiger partial charge in [-0.3, -0.25) is 0 Å². The molecule has 1 aromatic carbocycles. The van der Waals surface area contributed by atoms with Gasteiger partial charge in [-0.1, -0.05) is 11.6 Å². The molecule has 0 aliphatic rings. The van der Waals surface area contributed by atoms with Crippen LogP contribution in [0.5, 0.6) is 5.75 Å². The smallest absolute Gasteiger partial charge is 0.135 e. The van der Waals surface area contributed by atoms with Crippen LogP contribution in [-0.4, -0.2) is 17.1 Å². The molecule has 0 saturated carbocycles. The highest BCUT2D eigenvalue weighted by Gasteiger charge is 2.04. The van der Waals surface area contributed by atoms with Crippen molar-refractivity contribution in [1.29, 1.82) is 0 Å². The topological polar surface area (TPSA) is 47.0 Å². The fourth-order valence-corrected chi connectivity index (χ4v) is 2.25. The molecule has 18 heavy (non-hydrogen) atoms. The minimum Gasteiger partial charge on any atom is -0.496 e. The number of nitrogens with zero attached hydrogens (tertiary/aromatic N) is 2. The van der Waals surface area contributed by atoms with E-state index in [1.807, 2.05) is 18.2 Å². The molecule has 2 rings (SSSR count). The molecule has 4 nitrogen and oxygen atoms in total. The lowest BCUT2D eigenvalue weighted by molar-refractivity contribution is 0.412. The van der Waals surface area contributed by atoms with Crippen LogP contribution in [0.25, 0.3) is 0 Å². The normalized spacial score (nSPS) is 10.2. The number of anilines is 2. The molecule has 0 aliphatic carbocycles. The number of ether oxygens (including phenoxy) is 1. The largest absolute Gasteiger partial charge is 0.496 e. The van der Waals surface area contributed by atoms with E-state index in [9.17, 15) is 0 Å². The van der Waals surface area contributed by atoms with E-state index in [-0.39, 0.29) is 0 Å². The first kappa shape index (κ1) is 13.1. The highest BCUT2D eigenvalue weighted by molar-refractivity contribution is 9.10. The Bertz CT molecular complexity index is 557. The van der Waals surface area contributed by atoms with Crippen molar-refractivity contribution in [3.8, 4) is 5.75 Å². The molecule has 0 radical (unpaired) electrons. The molecule has 6 heteroatoms. The van der Waals surface area contributed by atoms with Gasteiger partial charge in [0.05, 0.1) is 11.6 Å². The zero-order chi connectivity index (χ0) is 13.1. The van der Waals surface area contributed by atoms with Crippen molar-refractivity contribution in [3.63, 3.8) is 0 Å². The van der Waals surface area contributed by atoms with Gasteiger partial charge in [-0.2, -0.15) is 0 Å². The average Bonchev–Trinajstić information content (AvgIpc) is 2.27. The molecule has 1 N–H and O–H groups in total. The van der Waals surface area contributed by atoms with Crippen molar-refractivity contribution in [2.45, 2.75) is 6.92 Å². The fourth-order valence-electron chi connectivity index (χ4n) is 1.49. The Morgan fingerprint density at radius 3 is 2.67 bits per heavy atom. The van der Waals surface area contributed by atoms with Crippen molar-refractivity contribution in [1.82, 2.24) is 9.97 Å². The van der Waals surface area contributed by atoms with Gasteiger partial charge < -0.3 is 10.1 Å². The predicted octanol–water partition coefficient (Wildman–Crippen LogP) is 3.95. The van der Waals surface area contributed by atoms with Crippen molar-refractivity contribution in [2.24, 2.45) is 0 Å². The third-order valence-electron chi connectivity index (χ3n) is 2.23. The van der Waals surface area contributed by atoms with Crippen LogP contribution in [-0.2, 0) is 0 Å². The zero-order valence-electron chi connectivity index (χ0n) is 9.87.